The number of rotatable bonds is 4. The molecule has 7 heteroatoms. The second kappa shape index (κ2) is 7.66. The van der Waals surface area contributed by atoms with Gasteiger partial charge in [0.15, 0.2) is 0 Å². The van der Waals surface area contributed by atoms with E-state index in [1.54, 1.807) is 24.3 Å². The second-order valence-corrected chi connectivity index (χ2v) is 11.6. The summed E-state index contributed by atoms with van der Waals surface area (Å²) >= 11 is 0. The average molecular weight is 430 g/mol. The van der Waals surface area contributed by atoms with Crippen molar-refractivity contribution >= 4 is 27.5 Å². The smallest absolute Gasteiger partial charge is 0.262 e. The third kappa shape index (κ3) is 3.88. The van der Waals surface area contributed by atoms with Crippen LogP contribution in [-0.2, 0) is 14.8 Å². The Morgan fingerprint density at radius 2 is 1.57 bits per heavy atom. The number of benzene rings is 1. The molecule has 0 spiro atoms. The number of aliphatic imine (C=N–C) groups is 1. The van der Waals surface area contributed by atoms with E-state index >= 15 is 0 Å². The molecule has 6 nitrogen and oxygen atoms in total. The number of amidine groups is 1. The highest BCUT2D eigenvalue weighted by atomic mass is 32.2. The molecule has 1 heterocycles. The summed E-state index contributed by atoms with van der Waals surface area (Å²) in [5.74, 6) is 2.82. The van der Waals surface area contributed by atoms with Crippen molar-refractivity contribution in [3.8, 4) is 0 Å². The summed E-state index contributed by atoms with van der Waals surface area (Å²) in [7, 11) is -3.65. The second-order valence-electron chi connectivity index (χ2n) is 9.92. The van der Waals surface area contributed by atoms with Gasteiger partial charge in [0.1, 0.15) is 5.84 Å². The minimum Gasteiger partial charge on any atom is -0.326 e. The van der Waals surface area contributed by atoms with Crippen molar-refractivity contribution in [3.63, 3.8) is 0 Å². The van der Waals surface area contributed by atoms with Crippen LogP contribution < -0.4 is 10.0 Å². The fraction of sp³-hybridized carbons (Fsp3) is 0.652. The maximum atomic E-state index is 13.2. The van der Waals surface area contributed by atoms with E-state index in [0.717, 1.165) is 38.5 Å². The molecule has 1 aromatic rings. The van der Waals surface area contributed by atoms with Gasteiger partial charge in [0, 0.05) is 18.7 Å². The number of carbonyl (C=O) groups is 1. The van der Waals surface area contributed by atoms with E-state index < -0.39 is 10.0 Å². The van der Waals surface area contributed by atoms with Crippen molar-refractivity contribution in [1.29, 1.82) is 0 Å². The van der Waals surface area contributed by atoms with Crippen LogP contribution in [0.1, 0.15) is 64.2 Å². The molecule has 0 radical (unpaired) electrons. The molecule has 0 atom stereocenters. The van der Waals surface area contributed by atoms with E-state index in [2.05, 4.69) is 15.0 Å². The van der Waals surface area contributed by atoms with Gasteiger partial charge in [-0.3, -0.25) is 14.5 Å². The summed E-state index contributed by atoms with van der Waals surface area (Å²) in [6.45, 7) is 0.674. The topological polar surface area (TPSA) is 87.6 Å². The minimum atomic E-state index is -3.65. The third-order valence-corrected chi connectivity index (χ3v) is 8.97. The number of hydrogen-bond donors (Lipinski definition) is 2. The Bertz CT molecular complexity index is 917. The lowest BCUT2D eigenvalue weighted by Gasteiger charge is -2.55. The van der Waals surface area contributed by atoms with E-state index in [4.69, 9.17) is 0 Å². The summed E-state index contributed by atoms with van der Waals surface area (Å²) in [5.41, 5.74) is 0.458. The molecule has 4 saturated carbocycles. The monoisotopic (exact) mass is 429 g/mol. The number of nitrogens with zero attached hydrogens (tertiary/aromatic N) is 1. The first kappa shape index (κ1) is 20.0. The number of nitrogens with one attached hydrogen (secondary N) is 2. The maximum Gasteiger partial charge on any atom is 0.262 e. The first-order valence-electron chi connectivity index (χ1n) is 11.4. The van der Waals surface area contributed by atoms with Gasteiger partial charge in [0.25, 0.3) is 10.0 Å². The van der Waals surface area contributed by atoms with E-state index in [1.165, 1.54) is 19.3 Å². The van der Waals surface area contributed by atoms with Crippen molar-refractivity contribution < 1.29 is 13.2 Å². The molecule has 1 aliphatic heterocycles. The van der Waals surface area contributed by atoms with Crippen molar-refractivity contribution in [1.82, 2.24) is 4.72 Å². The summed E-state index contributed by atoms with van der Waals surface area (Å²) in [5, 5.41) is 3.09. The lowest BCUT2D eigenvalue weighted by molar-refractivity contribution is -0.140. The van der Waals surface area contributed by atoms with Gasteiger partial charge in [0.05, 0.1) is 10.3 Å². The number of carbonyl (C=O) groups excluding carboxylic acids is 1. The number of amides is 1. The van der Waals surface area contributed by atoms with E-state index in [1.807, 2.05) is 0 Å². The van der Waals surface area contributed by atoms with Crippen molar-refractivity contribution in [2.24, 2.45) is 28.2 Å². The van der Waals surface area contributed by atoms with Crippen LogP contribution in [-0.4, -0.2) is 26.7 Å². The zero-order valence-electron chi connectivity index (χ0n) is 17.4. The lowest BCUT2D eigenvalue weighted by Crippen LogP contribution is -2.51. The maximum absolute atomic E-state index is 13.2. The van der Waals surface area contributed by atoms with Gasteiger partial charge in [-0.2, -0.15) is 0 Å². The molecule has 4 fully saturated rings. The van der Waals surface area contributed by atoms with Gasteiger partial charge in [-0.05, 0) is 93.4 Å². The molecule has 0 aromatic heterocycles. The molecule has 4 bridgehead atoms. The van der Waals surface area contributed by atoms with Crippen LogP contribution in [0, 0.1) is 23.2 Å². The van der Waals surface area contributed by atoms with Crippen LogP contribution in [0.3, 0.4) is 0 Å². The highest BCUT2D eigenvalue weighted by Crippen LogP contribution is 2.60. The van der Waals surface area contributed by atoms with Crippen molar-refractivity contribution in [3.05, 3.63) is 24.3 Å². The average Bonchev–Trinajstić information content (AvgIpc) is 2.95. The summed E-state index contributed by atoms with van der Waals surface area (Å²) in [6.07, 6.45) is 10.7. The fourth-order valence-electron chi connectivity index (χ4n) is 6.54. The molecule has 0 unspecified atom stereocenters. The lowest BCUT2D eigenvalue weighted by atomic mass is 9.49. The van der Waals surface area contributed by atoms with Crippen LogP contribution in [0.15, 0.2) is 34.2 Å². The molecular weight excluding hydrogens is 398 g/mol. The highest BCUT2D eigenvalue weighted by Gasteiger charge is 2.54. The fourth-order valence-corrected chi connectivity index (χ4v) is 7.63. The standard InChI is InChI=1S/C23H31N3O3S/c27-22(23-13-16-10-17(14-23)12-18(11-16)15-23)25-19-5-7-20(8-6-19)30(28,29)26-21-4-2-1-3-9-24-21/h5-8,16-18H,1-4,9-15H2,(H,24,26)(H,25,27). The number of sulfonamides is 1. The Morgan fingerprint density at radius 3 is 2.20 bits per heavy atom. The quantitative estimate of drug-likeness (QED) is 0.756. The SMILES string of the molecule is O=C(Nc1ccc(S(=O)(=O)NC2=NCCCCC2)cc1)C12CC3CC(CC(C3)C1)C2. The van der Waals surface area contributed by atoms with Crippen LogP contribution >= 0.6 is 0 Å². The summed E-state index contributed by atoms with van der Waals surface area (Å²) in [4.78, 5) is 17.7. The Balaban J connectivity index is 1.26. The number of hydrogen-bond acceptors (Lipinski definition) is 4. The zero-order chi connectivity index (χ0) is 20.8. The largest absolute Gasteiger partial charge is 0.326 e. The predicted octanol–water partition coefficient (Wildman–Crippen LogP) is 4.09. The van der Waals surface area contributed by atoms with Crippen molar-refractivity contribution in [2.75, 3.05) is 11.9 Å². The summed E-state index contributed by atoms with van der Waals surface area (Å²) in [6, 6.07) is 6.52. The van der Waals surface area contributed by atoms with Crippen LogP contribution in [0.5, 0.6) is 0 Å². The van der Waals surface area contributed by atoms with Gasteiger partial charge in [-0.15, -0.1) is 0 Å². The van der Waals surface area contributed by atoms with E-state index in [9.17, 15) is 13.2 Å². The third-order valence-electron chi connectivity index (χ3n) is 7.57. The molecule has 2 N–H and O–H groups in total. The Hall–Kier alpha value is -1.89. The first-order valence-corrected chi connectivity index (χ1v) is 12.9. The Labute approximate surface area is 179 Å². The van der Waals surface area contributed by atoms with E-state index in [0.29, 0.717) is 42.2 Å². The van der Waals surface area contributed by atoms with Crippen LogP contribution in [0.25, 0.3) is 0 Å². The minimum absolute atomic E-state index is 0.128. The molecule has 162 valence electrons. The molecule has 1 amide bonds. The molecule has 0 saturated heterocycles. The van der Waals surface area contributed by atoms with Crippen molar-refractivity contribution in [2.45, 2.75) is 69.1 Å². The molecule has 4 aliphatic carbocycles. The first-order chi connectivity index (χ1) is 14.4. The van der Waals surface area contributed by atoms with Crippen LogP contribution in [0.4, 0.5) is 5.69 Å². The van der Waals surface area contributed by atoms with Gasteiger partial charge in [-0.25, -0.2) is 8.42 Å². The normalized spacial score (nSPS) is 32.9. The van der Waals surface area contributed by atoms with Gasteiger partial charge >= 0.3 is 0 Å². The number of anilines is 1. The Morgan fingerprint density at radius 1 is 0.933 bits per heavy atom. The zero-order valence-corrected chi connectivity index (χ0v) is 18.2. The van der Waals surface area contributed by atoms with Gasteiger partial charge < -0.3 is 5.32 Å². The molecule has 6 rings (SSSR count). The van der Waals surface area contributed by atoms with Gasteiger partial charge in [0.2, 0.25) is 5.91 Å². The molecular formula is C23H31N3O3S. The molecule has 30 heavy (non-hydrogen) atoms. The Kier molecular flexibility index (Phi) is 5.12. The molecule has 1 aromatic carbocycles. The van der Waals surface area contributed by atoms with Crippen LogP contribution in [0.2, 0.25) is 0 Å². The molecule has 5 aliphatic rings. The van der Waals surface area contributed by atoms with E-state index in [-0.39, 0.29) is 16.2 Å². The highest BCUT2D eigenvalue weighted by molar-refractivity contribution is 7.90. The van der Waals surface area contributed by atoms with Gasteiger partial charge in [-0.1, -0.05) is 6.42 Å². The summed E-state index contributed by atoms with van der Waals surface area (Å²) < 4.78 is 28.0. The predicted molar refractivity (Wildman–Crippen MR) is 117 cm³/mol.